The first kappa shape index (κ1) is 16.8. The lowest BCUT2D eigenvalue weighted by Gasteiger charge is -2.34. The third kappa shape index (κ3) is 4.24. The lowest BCUT2D eigenvalue weighted by atomic mass is 10.0. The minimum absolute atomic E-state index is 0.0135. The Morgan fingerprint density at radius 2 is 2.14 bits per heavy atom. The molecule has 1 aromatic carbocycles. The zero-order valence-corrected chi connectivity index (χ0v) is 15.0. The Hall–Kier alpha value is -0.520. The second-order valence-corrected chi connectivity index (χ2v) is 7.45. The molecule has 1 N–H and O–H groups in total. The molecular formula is C16H22BrNO2S. The van der Waals surface area contributed by atoms with Gasteiger partial charge in [-0.1, -0.05) is 15.9 Å². The summed E-state index contributed by atoms with van der Waals surface area (Å²) < 4.78 is 1.10. The van der Waals surface area contributed by atoms with Crippen molar-refractivity contribution < 1.29 is 9.90 Å². The molecule has 0 bridgehead atoms. The number of carbonyl (C=O) groups is 1. The highest BCUT2D eigenvalue weighted by molar-refractivity contribution is 9.10. The van der Waals surface area contributed by atoms with Crippen LogP contribution in [0.25, 0.3) is 0 Å². The molecule has 1 atom stereocenters. The summed E-state index contributed by atoms with van der Waals surface area (Å²) in [5, 5.41) is 9.40. The summed E-state index contributed by atoms with van der Waals surface area (Å²) >= 11 is 5.12. The molecule has 116 valence electrons. The van der Waals surface area contributed by atoms with E-state index in [1.165, 1.54) is 11.1 Å². The van der Waals surface area contributed by atoms with Crippen molar-refractivity contribution in [3.05, 3.63) is 27.7 Å². The van der Waals surface area contributed by atoms with E-state index in [-0.39, 0.29) is 18.6 Å². The molecule has 1 unspecified atom stereocenters. The number of rotatable bonds is 4. The summed E-state index contributed by atoms with van der Waals surface area (Å²) in [5.41, 5.74) is 2.37. The topological polar surface area (TPSA) is 40.5 Å². The van der Waals surface area contributed by atoms with E-state index in [4.69, 9.17) is 0 Å². The summed E-state index contributed by atoms with van der Waals surface area (Å²) in [6, 6.07) is 4.23. The molecule has 21 heavy (non-hydrogen) atoms. The maximum Gasteiger partial charge on any atom is 0.233 e. The normalized spacial score (nSPS) is 18.9. The van der Waals surface area contributed by atoms with Gasteiger partial charge >= 0.3 is 0 Å². The zero-order chi connectivity index (χ0) is 15.4. The first-order chi connectivity index (χ1) is 10.0. The highest BCUT2D eigenvalue weighted by Crippen LogP contribution is 2.29. The SMILES string of the molecule is Cc1cc(SCC(=O)N2CCCCC2CO)c(C)cc1Br. The highest BCUT2D eigenvalue weighted by Gasteiger charge is 2.25. The van der Waals surface area contributed by atoms with Crippen molar-refractivity contribution in [2.75, 3.05) is 18.9 Å². The van der Waals surface area contributed by atoms with Crippen molar-refractivity contribution in [3.63, 3.8) is 0 Å². The van der Waals surface area contributed by atoms with Crippen LogP contribution < -0.4 is 0 Å². The minimum atomic E-state index is 0.0135. The molecule has 1 saturated heterocycles. The standard InChI is InChI=1S/C16H22BrNO2S/c1-11-8-15(12(2)7-14(11)17)21-10-16(20)18-6-4-3-5-13(18)9-19/h7-8,13,19H,3-6,9-10H2,1-2H3. The van der Waals surface area contributed by atoms with Crippen LogP contribution in [0, 0.1) is 13.8 Å². The molecule has 3 nitrogen and oxygen atoms in total. The van der Waals surface area contributed by atoms with E-state index in [1.807, 2.05) is 4.90 Å². The number of carbonyl (C=O) groups excluding carboxylic acids is 1. The smallest absolute Gasteiger partial charge is 0.233 e. The van der Waals surface area contributed by atoms with Gasteiger partial charge in [-0.3, -0.25) is 4.79 Å². The molecule has 2 rings (SSSR count). The number of likely N-dealkylation sites (tertiary alicyclic amines) is 1. The van der Waals surface area contributed by atoms with Crippen LogP contribution in [-0.4, -0.2) is 40.9 Å². The molecule has 0 spiro atoms. The molecule has 1 amide bonds. The van der Waals surface area contributed by atoms with Crippen LogP contribution in [0.1, 0.15) is 30.4 Å². The minimum Gasteiger partial charge on any atom is -0.394 e. The molecule has 1 fully saturated rings. The van der Waals surface area contributed by atoms with Crippen molar-refractivity contribution >= 4 is 33.6 Å². The van der Waals surface area contributed by atoms with Gasteiger partial charge in [0.1, 0.15) is 0 Å². The van der Waals surface area contributed by atoms with Gasteiger partial charge in [-0.25, -0.2) is 0 Å². The third-order valence-corrected chi connectivity index (χ3v) is 5.96. The van der Waals surface area contributed by atoms with Crippen LogP contribution >= 0.6 is 27.7 Å². The van der Waals surface area contributed by atoms with E-state index in [9.17, 15) is 9.90 Å². The monoisotopic (exact) mass is 371 g/mol. The Morgan fingerprint density at radius 1 is 1.38 bits per heavy atom. The quantitative estimate of drug-likeness (QED) is 0.822. The number of hydrogen-bond donors (Lipinski definition) is 1. The van der Waals surface area contributed by atoms with Gasteiger partial charge in [-0.2, -0.15) is 0 Å². The number of aliphatic hydroxyl groups excluding tert-OH is 1. The first-order valence-electron chi connectivity index (χ1n) is 7.32. The van der Waals surface area contributed by atoms with E-state index in [0.717, 1.165) is 35.2 Å². The maximum atomic E-state index is 12.4. The van der Waals surface area contributed by atoms with Gasteiger partial charge in [0.05, 0.1) is 18.4 Å². The second-order valence-electron chi connectivity index (χ2n) is 5.57. The molecule has 1 heterocycles. The molecule has 1 aliphatic heterocycles. The summed E-state index contributed by atoms with van der Waals surface area (Å²) in [6.07, 6.45) is 3.07. The molecule has 0 radical (unpaired) electrons. The average Bonchev–Trinajstić information content (AvgIpc) is 2.49. The largest absolute Gasteiger partial charge is 0.394 e. The van der Waals surface area contributed by atoms with Crippen LogP contribution in [0.4, 0.5) is 0 Å². The Morgan fingerprint density at radius 3 is 2.86 bits per heavy atom. The van der Waals surface area contributed by atoms with Gasteiger partial charge in [0.25, 0.3) is 0 Å². The van der Waals surface area contributed by atoms with Gasteiger partial charge in [-0.15, -0.1) is 11.8 Å². The van der Waals surface area contributed by atoms with Crippen molar-refractivity contribution in [2.45, 2.75) is 44.0 Å². The predicted molar refractivity (Wildman–Crippen MR) is 90.8 cm³/mol. The lowest BCUT2D eigenvalue weighted by molar-refractivity contribution is -0.132. The lowest BCUT2D eigenvalue weighted by Crippen LogP contribution is -2.46. The van der Waals surface area contributed by atoms with Crippen LogP contribution in [0.5, 0.6) is 0 Å². The van der Waals surface area contributed by atoms with E-state index in [2.05, 4.69) is 41.9 Å². The fourth-order valence-electron chi connectivity index (χ4n) is 2.65. The number of aryl methyl sites for hydroxylation is 2. The molecule has 0 aromatic heterocycles. The van der Waals surface area contributed by atoms with Crippen LogP contribution in [0.2, 0.25) is 0 Å². The number of piperidine rings is 1. The van der Waals surface area contributed by atoms with Gasteiger partial charge in [-0.05, 0) is 56.4 Å². The fraction of sp³-hybridized carbons (Fsp3) is 0.562. The highest BCUT2D eigenvalue weighted by atomic mass is 79.9. The number of benzene rings is 1. The number of aliphatic hydroxyl groups is 1. The van der Waals surface area contributed by atoms with Crippen LogP contribution in [-0.2, 0) is 4.79 Å². The van der Waals surface area contributed by atoms with E-state index < -0.39 is 0 Å². The number of halogens is 1. The second kappa shape index (κ2) is 7.65. The van der Waals surface area contributed by atoms with Gasteiger partial charge in [0.15, 0.2) is 0 Å². The molecule has 1 aromatic rings. The number of amides is 1. The van der Waals surface area contributed by atoms with E-state index in [1.54, 1.807) is 11.8 Å². The Labute approximate surface area is 139 Å². The molecule has 0 saturated carbocycles. The summed E-state index contributed by atoms with van der Waals surface area (Å²) in [6.45, 7) is 4.98. The van der Waals surface area contributed by atoms with Gasteiger partial charge in [0, 0.05) is 15.9 Å². The van der Waals surface area contributed by atoms with Crippen molar-refractivity contribution in [2.24, 2.45) is 0 Å². The van der Waals surface area contributed by atoms with Crippen LogP contribution in [0.15, 0.2) is 21.5 Å². The van der Waals surface area contributed by atoms with Crippen molar-refractivity contribution in [1.82, 2.24) is 4.90 Å². The number of nitrogens with zero attached hydrogens (tertiary/aromatic N) is 1. The Balaban J connectivity index is 1.99. The van der Waals surface area contributed by atoms with Crippen LogP contribution in [0.3, 0.4) is 0 Å². The summed E-state index contributed by atoms with van der Waals surface area (Å²) in [4.78, 5) is 15.4. The van der Waals surface area contributed by atoms with E-state index in [0.29, 0.717) is 5.75 Å². The molecular weight excluding hydrogens is 350 g/mol. The van der Waals surface area contributed by atoms with Gasteiger partial charge < -0.3 is 10.0 Å². The molecule has 5 heteroatoms. The third-order valence-electron chi connectivity index (χ3n) is 3.97. The maximum absolute atomic E-state index is 12.4. The fourth-order valence-corrected chi connectivity index (χ4v) is 4.10. The number of hydrogen-bond acceptors (Lipinski definition) is 3. The molecule has 0 aliphatic carbocycles. The number of thioether (sulfide) groups is 1. The predicted octanol–water partition coefficient (Wildman–Crippen LogP) is 3.53. The summed E-state index contributed by atoms with van der Waals surface area (Å²) in [7, 11) is 0. The first-order valence-corrected chi connectivity index (χ1v) is 9.10. The Kier molecular flexibility index (Phi) is 6.14. The molecule has 1 aliphatic rings. The van der Waals surface area contributed by atoms with E-state index >= 15 is 0 Å². The van der Waals surface area contributed by atoms with Crippen molar-refractivity contribution in [1.29, 1.82) is 0 Å². The Bertz CT molecular complexity index is 521. The summed E-state index contributed by atoms with van der Waals surface area (Å²) in [5.74, 6) is 0.581. The van der Waals surface area contributed by atoms with Crippen molar-refractivity contribution in [3.8, 4) is 0 Å². The average molecular weight is 372 g/mol. The van der Waals surface area contributed by atoms with Gasteiger partial charge in [0.2, 0.25) is 5.91 Å². The zero-order valence-electron chi connectivity index (χ0n) is 12.6.